The molecule has 2 aromatic heterocycles. The Morgan fingerprint density at radius 3 is 2.90 bits per heavy atom. The molecule has 0 aliphatic carbocycles. The van der Waals surface area contributed by atoms with Crippen LogP contribution in [0.15, 0.2) is 42.6 Å². The van der Waals surface area contributed by atoms with Gasteiger partial charge in [0.15, 0.2) is 5.82 Å². The first-order valence-electron chi connectivity index (χ1n) is 9.94. The maximum absolute atomic E-state index is 12.0. The number of aromatic amines is 1. The van der Waals surface area contributed by atoms with Crippen molar-refractivity contribution in [2.75, 3.05) is 41.9 Å². The lowest BCUT2D eigenvalue weighted by atomic mass is 10.1. The Labute approximate surface area is 170 Å². The molecule has 1 aliphatic heterocycles. The number of hydrogen-bond donors (Lipinski definition) is 2. The Bertz CT molecular complexity index is 1000. The predicted octanol–water partition coefficient (Wildman–Crippen LogP) is 3.29. The van der Waals surface area contributed by atoms with Gasteiger partial charge in [-0.1, -0.05) is 0 Å². The van der Waals surface area contributed by atoms with Crippen LogP contribution in [0.4, 0.5) is 17.3 Å². The molecule has 2 N–H and O–H groups in total. The van der Waals surface area contributed by atoms with E-state index >= 15 is 0 Å². The minimum absolute atomic E-state index is 0.257. The normalized spacial score (nSPS) is 17.0. The van der Waals surface area contributed by atoms with Gasteiger partial charge in [0.25, 0.3) is 0 Å². The van der Waals surface area contributed by atoms with Gasteiger partial charge in [-0.25, -0.2) is 4.98 Å². The molecule has 4 rings (SSSR count). The number of nitrogens with zero attached hydrogens (tertiary/aromatic N) is 3. The summed E-state index contributed by atoms with van der Waals surface area (Å²) < 4.78 is 5.31. The third kappa shape index (κ3) is 3.85. The maximum Gasteiger partial charge on any atom is 0.152 e. The van der Waals surface area contributed by atoms with Gasteiger partial charge in [0.05, 0.1) is 18.3 Å². The molecular formula is C22H27N5O2. The summed E-state index contributed by atoms with van der Waals surface area (Å²) in [4.78, 5) is 24.3. The minimum Gasteiger partial charge on any atom is -0.497 e. The Morgan fingerprint density at radius 1 is 1.28 bits per heavy atom. The van der Waals surface area contributed by atoms with Crippen molar-refractivity contribution in [2.24, 2.45) is 0 Å². The maximum atomic E-state index is 12.0. The van der Waals surface area contributed by atoms with E-state index in [1.807, 2.05) is 30.3 Å². The van der Waals surface area contributed by atoms with Crippen LogP contribution < -0.4 is 19.9 Å². The summed E-state index contributed by atoms with van der Waals surface area (Å²) in [5, 5.41) is 4.55. The van der Waals surface area contributed by atoms with E-state index in [-0.39, 0.29) is 6.04 Å². The lowest BCUT2D eigenvalue weighted by Crippen LogP contribution is -2.54. The summed E-state index contributed by atoms with van der Waals surface area (Å²) in [6.07, 6.45) is 2.82. The second kappa shape index (κ2) is 8.03. The number of pyridine rings is 1. The Hall–Kier alpha value is -3.22. The largest absolute Gasteiger partial charge is 0.497 e. The van der Waals surface area contributed by atoms with Crippen LogP contribution >= 0.6 is 0 Å². The fourth-order valence-corrected chi connectivity index (χ4v) is 3.86. The molecule has 3 aromatic rings. The van der Waals surface area contributed by atoms with Gasteiger partial charge in [-0.2, -0.15) is 0 Å². The van der Waals surface area contributed by atoms with Crippen LogP contribution in [0.5, 0.6) is 5.75 Å². The number of hydrogen-bond acceptors (Lipinski definition) is 6. The molecule has 0 amide bonds. The number of rotatable bonds is 6. The average Bonchev–Trinajstić information content (AvgIpc) is 3.16. The van der Waals surface area contributed by atoms with Crippen molar-refractivity contribution in [1.82, 2.24) is 9.97 Å². The number of piperazine rings is 1. The smallest absolute Gasteiger partial charge is 0.152 e. The van der Waals surface area contributed by atoms with Crippen molar-refractivity contribution in [3.8, 4) is 5.75 Å². The number of fused-ring (bicyclic) bond motifs is 1. The zero-order valence-electron chi connectivity index (χ0n) is 17.1. The monoisotopic (exact) mass is 393 g/mol. The SMILES string of the molecule is COc1ccc2cc(N3CCN(c4ncccc4NC(C)C)CC3C=O)[nH]c2c1. The quantitative estimate of drug-likeness (QED) is 0.626. The molecule has 1 aliphatic rings. The Morgan fingerprint density at radius 2 is 2.14 bits per heavy atom. The number of aldehydes is 1. The van der Waals surface area contributed by atoms with E-state index in [4.69, 9.17) is 4.74 Å². The lowest BCUT2D eigenvalue weighted by molar-refractivity contribution is -0.109. The van der Waals surface area contributed by atoms with Crippen molar-refractivity contribution in [1.29, 1.82) is 0 Å². The summed E-state index contributed by atoms with van der Waals surface area (Å²) >= 11 is 0. The summed E-state index contributed by atoms with van der Waals surface area (Å²) in [6, 6.07) is 12.1. The standard InChI is InChI=1S/C22H27N5O2/c1-15(2)24-19-5-4-8-23-22(19)26-9-10-27(17(13-26)14-28)21-11-16-6-7-18(29-3)12-20(16)25-21/h4-8,11-12,14-15,17,24-25H,9-10,13H2,1-3H3. The molecule has 1 saturated heterocycles. The van der Waals surface area contributed by atoms with Crippen molar-refractivity contribution in [2.45, 2.75) is 25.9 Å². The molecule has 3 heterocycles. The highest BCUT2D eigenvalue weighted by molar-refractivity contribution is 5.86. The topological polar surface area (TPSA) is 73.5 Å². The first-order chi connectivity index (χ1) is 14.1. The molecule has 7 nitrogen and oxygen atoms in total. The molecule has 1 unspecified atom stereocenters. The van der Waals surface area contributed by atoms with Gasteiger partial charge < -0.3 is 29.6 Å². The third-order valence-electron chi connectivity index (χ3n) is 5.23. The van der Waals surface area contributed by atoms with Gasteiger partial charge in [-0.15, -0.1) is 0 Å². The van der Waals surface area contributed by atoms with Gasteiger partial charge in [-0.05, 0) is 44.2 Å². The fraction of sp³-hybridized carbons (Fsp3) is 0.364. The van der Waals surface area contributed by atoms with Crippen LogP contribution in [-0.2, 0) is 4.79 Å². The van der Waals surface area contributed by atoms with E-state index in [0.29, 0.717) is 12.6 Å². The number of carbonyl (C=O) groups excluding carboxylic acids is 1. The second-order valence-corrected chi connectivity index (χ2v) is 7.62. The van der Waals surface area contributed by atoms with Crippen LogP contribution in [-0.4, -0.2) is 55.1 Å². The van der Waals surface area contributed by atoms with Crippen LogP contribution in [0.1, 0.15) is 13.8 Å². The fourth-order valence-electron chi connectivity index (χ4n) is 3.86. The van der Waals surface area contributed by atoms with Gasteiger partial charge in [0.2, 0.25) is 0 Å². The lowest BCUT2D eigenvalue weighted by Gasteiger charge is -2.40. The number of H-pyrrole nitrogens is 1. The third-order valence-corrected chi connectivity index (χ3v) is 5.23. The summed E-state index contributed by atoms with van der Waals surface area (Å²) in [6.45, 7) is 6.31. The molecule has 0 saturated carbocycles. The van der Waals surface area contributed by atoms with Crippen molar-refractivity contribution < 1.29 is 9.53 Å². The van der Waals surface area contributed by atoms with E-state index in [2.05, 4.69) is 45.0 Å². The van der Waals surface area contributed by atoms with Crippen molar-refractivity contribution in [3.63, 3.8) is 0 Å². The number of benzene rings is 1. The van der Waals surface area contributed by atoms with Crippen molar-refractivity contribution >= 4 is 34.5 Å². The molecule has 152 valence electrons. The summed E-state index contributed by atoms with van der Waals surface area (Å²) in [5.74, 6) is 2.66. The number of carbonyl (C=O) groups is 1. The number of ether oxygens (including phenoxy) is 1. The van der Waals surface area contributed by atoms with E-state index in [1.54, 1.807) is 13.3 Å². The second-order valence-electron chi connectivity index (χ2n) is 7.62. The van der Waals surface area contributed by atoms with E-state index in [9.17, 15) is 4.79 Å². The summed E-state index contributed by atoms with van der Waals surface area (Å²) in [7, 11) is 1.66. The molecule has 29 heavy (non-hydrogen) atoms. The van der Waals surface area contributed by atoms with Crippen LogP contribution in [0, 0.1) is 0 Å². The van der Waals surface area contributed by atoms with E-state index in [1.165, 1.54) is 0 Å². The number of aromatic nitrogens is 2. The minimum atomic E-state index is -0.257. The number of nitrogens with one attached hydrogen (secondary N) is 2. The number of anilines is 3. The molecule has 1 aromatic carbocycles. The van der Waals surface area contributed by atoms with Gasteiger partial charge in [-0.3, -0.25) is 0 Å². The highest BCUT2D eigenvalue weighted by Crippen LogP contribution is 2.30. The first-order valence-corrected chi connectivity index (χ1v) is 9.94. The first kappa shape index (κ1) is 19.1. The zero-order chi connectivity index (χ0) is 20.4. The molecule has 0 bridgehead atoms. The average molecular weight is 393 g/mol. The highest BCUT2D eigenvalue weighted by Gasteiger charge is 2.29. The van der Waals surface area contributed by atoms with Crippen LogP contribution in [0.3, 0.4) is 0 Å². The molecule has 0 spiro atoms. The van der Waals surface area contributed by atoms with Gasteiger partial charge in [0, 0.05) is 43.3 Å². The zero-order valence-corrected chi connectivity index (χ0v) is 17.1. The van der Waals surface area contributed by atoms with Crippen LogP contribution in [0.2, 0.25) is 0 Å². The Balaban J connectivity index is 1.57. The molecule has 0 radical (unpaired) electrons. The van der Waals surface area contributed by atoms with E-state index < -0.39 is 0 Å². The van der Waals surface area contributed by atoms with Gasteiger partial charge >= 0.3 is 0 Å². The van der Waals surface area contributed by atoms with Crippen molar-refractivity contribution in [3.05, 3.63) is 42.6 Å². The van der Waals surface area contributed by atoms with Gasteiger partial charge in [0.1, 0.15) is 23.9 Å². The highest BCUT2D eigenvalue weighted by atomic mass is 16.5. The number of methoxy groups -OCH3 is 1. The predicted molar refractivity (Wildman–Crippen MR) is 117 cm³/mol. The molecule has 1 fully saturated rings. The molecular weight excluding hydrogens is 366 g/mol. The molecule has 7 heteroatoms. The van der Waals surface area contributed by atoms with E-state index in [0.717, 1.165) is 53.4 Å². The Kier molecular flexibility index (Phi) is 5.29. The van der Waals surface area contributed by atoms with Crippen LogP contribution in [0.25, 0.3) is 10.9 Å². The summed E-state index contributed by atoms with van der Waals surface area (Å²) in [5.41, 5.74) is 2.00. The molecule has 1 atom stereocenters.